The van der Waals surface area contributed by atoms with E-state index in [0.29, 0.717) is 6.04 Å². The maximum Gasteiger partial charge on any atom is 0.104 e. The first-order valence-corrected chi connectivity index (χ1v) is 11.6. The SMILES string of the molecule is Cc1nc2ccc(-c3ccc(-c4cccc(CNC5CCCCCC5)c4)cc3)cc2[nH]1. The molecule has 0 amide bonds. The van der Waals surface area contributed by atoms with E-state index in [0.717, 1.165) is 23.4 Å². The second-order valence-electron chi connectivity index (χ2n) is 8.90. The summed E-state index contributed by atoms with van der Waals surface area (Å²) in [6.07, 6.45) is 8.20. The highest BCUT2D eigenvalue weighted by atomic mass is 14.9. The quantitative estimate of drug-likeness (QED) is 0.348. The molecule has 1 saturated carbocycles. The fourth-order valence-corrected chi connectivity index (χ4v) is 4.78. The van der Waals surface area contributed by atoms with E-state index in [4.69, 9.17) is 0 Å². The number of aromatic amines is 1. The van der Waals surface area contributed by atoms with Crippen molar-refractivity contribution in [2.75, 3.05) is 0 Å². The van der Waals surface area contributed by atoms with Crippen LogP contribution in [0.3, 0.4) is 0 Å². The number of rotatable bonds is 5. The van der Waals surface area contributed by atoms with Crippen LogP contribution < -0.4 is 5.32 Å². The Hall–Kier alpha value is -2.91. The summed E-state index contributed by atoms with van der Waals surface area (Å²) in [4.78, 5) is 7.83. The van der Waals surface area contributed by atoms with Crippen molar-refractivity contribution in [3.8, 4) is 22.3 Å². The fourth-order valence-electron chi connectivity index (χ4n) is 4.78. The van der Waals surface area contributed by atoms with E-state index in [1.54, 1.807) is 0 Å². The Balaban J connectivity index is 1.30. The average Bonchev–Trinajstić information content (AvgIpc) is 2.99. The van der Waals surface area contributed by atoms with Crippen molar-refractivity contribution < 1.29 is 0 Å². The highest BCUT2D eigenvalue weighted by Crippen LogP contribution is 2.27. The van der Waals surface area contributed by atoms with Crippen LogP contribution in [0.25, 0.3) is 33.3 Å². The van der Waals surface area contributed by atoms with Crippen molar-refractivity contribution in [2.45, 2.75) is 58.0 Å². The van der Waals surface area contributed by atoms with Gasteiger partial charge in [0.2, 0.25) is 0 Å². The second-order valence-corrected chi connectivity index (χ2v) is 8.90. The van der Waals surface area contributed by atoms with E-state index in [1.165, 1.54) is 66.3 Å². The topological polar surface area (TPSA) is 40.7 Å². The van der Waals surface area contributed by atoms with Crippen LogP contribution in [-0.4, -0.2) is 16.0 Å². The zero-order valence-electron chi connectivity index (χ0n) is 18.3. The van der Waals surface area contributed by atoms with Crippen LogP contribution in [0, 0.1) is 6.92 Å². The maximum atomic E-state index is 4.50. The molecule has 2 N–H and O–H groups in total. The number of nitrogens with one attached hydrogen (secondary N) is 2. The molecule has 5 rings (SSSR count). The van der Waals surface area contributed by atoms with E-state index in [9.17, 15) is 0 Å². The fraction of sp³-hybridized carbons (Fsp3) is 0.321. The van der Waals surface area contributed by atoms with Gasteiger partial charge in [0.25, 0.3) is 0 Å². The molecule has 3 nitrogen and oxygen atoms in total. The van der Waals surface area contributed by atoms with Crippen LogP contribution in [0.4, 0.5) is 0 Å². The minimum atomic E-state index is 0.682. The molecular weight excluding hydrogens is 378 g/mol. The molecule has 1 aliphatic rings. The Morgan fingerprint density at radius 1 is 0.806 bits per heavy atom. The molecule has 0 bridgehead atoms. The highest BCUT2D eigenvalue weighted by Gasteiger charge is 2.11. The molecule has 158 valence electrons. The third-order valence-corrected chi connectivity index (χ3v) is 6.53. The number of aromatic nitrogens is 2. The molecule has 1 aliphatic carbocycles. The Bertz CT molecular complexity index is 1150. The van der Waals surface area contributed by atoms with Crippen LogP contribution in [-0.2, 0) is 6.54 Å². The molecule has 3 heteroatoms. The minimum absolute atomic E-state index is 0.682. The molecule has 1 heterocycles. The number of imidazole rings is 1. The Morgan fingerprint density at radius 3 is 2.23 bits per heavy atom. The first-order valence-electron chi connectivity index (χ1n) is 11.6. The van der Waals surface area contributed by atoms with Gasteiger partial charge in [0.1, 0.15) is 5.82 Å². The highest BCUT2D eigenvalue weighted by molar-refractivity contribution is 5.82. The average molecular weight is 410 g/mol. The van der Waals surface area contributed by atoms with Crippen molar-refractivity contribution in [3.05, 3.63) is 78.1 Å². The first kappa shape index (κ1) is 20.0. The number of fused-ring (bicyclic) bond motifs is 1. The molecule has 4 aromatic rings. The number of nitrogens with zero attached hydrogens (tertiary/aromatic N) is 1. The number of benzene rings is 3. The predicted octanol–water partition coefficient (Wildman–Crippen LogP) is 7.02. The van der Waals surface area contributed by atoms with Gasteiger partial charge in [-0.1, -0.05) is 74.2 Å². The molecule has 0 aliphatic heterocycles. The van der Waals surface area contributed by atoms with Gasteiger partial charge in [-0.15, -0.1) is 0 Å². The third-order valence-electron chi connectivity index (χ3n) is 6.53. The van der Waals surface area contributed by atoms with E-state index in [2.05, 4.69) is 82.0 Å². The summed E-state index contributed by atoms with van der Waals surface area (Å²) in [7, 11) is 0. The largest absolute Gasteiger partial charge is 0.342 e. The van der Waals surface area contributed by atoms with Gasteiger partial charge in [0.05, 0.1) is 11.0 Å². The van der Waals surface area contributed by atoms with Gasteiger partial charge in [-0.3, -0.25) is 0 Å². The van der Waals surface area contributed by atoms with Crippen molar-refractivity contribution in [3.63, 3.8) is 0 Å². The number of hydrogen-bond acceptors (Lipinski definition) is 2. The van der Waals surface area contributed by atoms with Crippen molar-refractivity contribution in [1.82, 2.24) is 15.3 Å². The van der Waals surface area contributed by atoms with Crippen LogP contribution in [0.15, 0.2) is 66.7 Å². The lowest BCUT2D eigenvalue weighted by atomic mass is 9.99. The van der Waals surface area contributed by atoms with Crippen LogP contribution >= 0.6 is 0 Å². The van der Waals surface area contributed by atoms with Crippen molar-refractivity contribution in [2.24, 2.45) is 0 Å². The summed E-state index contributed by atoms with van der Waals surface area (Å²) in [5, 5.41) is 3.80. The van der Waals surface area contributed by atoms with Gasteiger partial charge in [-0.25, -0.2) is 4.98 Å². The molecule has 0 saturated heterocycles. The van der Waals surface area contributed by atoms with Gasteiger partial charge in [-0.2, -0.15) is 0 Å². The predicted molar refractivity (Wildman–Crippen MR) is 130 cm³/mol. The van der Waals surface area contributed by atoms with Crippen LogP contribution in [0.5, 0.6) is 0 Å². The monoisotopic (exact) mass is 409 g/mol. The van der Waals surface area contributed by atoms with Crippen LogP contribution in [0.2, 0.25) is 0 Å². The van der Waals surface area contributed by atoms with Crippen molar-refractivity contribution in [1.29, 1.82) is 0 Å². The van der Waals surface area contributed by atoms with Crippen molar-refractivity contribution >= 4 is 11.0 Å². The lowest BCUT2D eigenvalue weighted by molar-refractivity contribution is 0.459. The Kier molecular flexibility index (Phi) is 5.86. The molecular formula is C28H31N3. The van der Waals surface area contributed by atoms with Gasteiger partial charge in [-0.05, 0) is 65.8 Å². The van der Waals surface area contributed by atoms with Gasteiger partial charge >= 0.3 is 0 Å². The van der Waals surface area contributed by atoms with Gasteiger partial charge in [0.15, 0.2) is 0 Å². The zero-order chi connectivity index (χ0) is 21.0. The van der Waals surface area contributed by atoms with Gasteiger partial charge in [0, 0.05) is 12.6 Å². The summed E-state index contributed by atoms with van der Waals surface area (Å²) in [5.74, 6) is 0.955. The Morgan fingerprint density at radius 2 is 1.48 bits per heavy atom. The maximum absolute atomic E-state index is 4.50. The lowest BCUT2D eigenvalue weighted by Crippen LogP contribution is -2.27. The minimum Gasteiger partial charge on any atom is -0.342 e. The molecule has 0 spiro atoms. The Labute approximate surface area is 184 Å². The number of hydrogen-bond donors (Lipinski definition) is 2. The van der Waals surface area contributed by atoms with E-state index >= 15 is 0 Å². The van der Waals surface area contributed by atoms with Gasteiger partial charge < -0.3 is 10.3 Å². The summed E-state index contributed by atoms with van der Waals surface area (Å²) in [5.41, 5.74) is 8.46. The first-order chi connectivity index (χ1) is 15.2. The molecule has 0 atom stereocenters. The molecule has 3 aromatic carbocycles. The molecule has 1 fully saturated rings. The number of aryl methyl sites for hydroxylation is 1. The third kappa shape index (κ3) is 4.72. The molecule has 0 unspecified atom stereocenters. The molecule has 31 heavy (non-hydrogen) atoms. The number of H-pyrrole nitrogens is 1. The van der Waals surface area contributed by atoms with Crippen LogP contribution in [0.1, 0.15) is 49.9 Å². The smallest absolute Gasteiger partial charge is 0.104 e. The van der Waals surface area contributed by atoms with E-state index < -0.39 is 0 Å². The zero-order valence-corrected chi connectivity index (χ0v) is 18.3. The second kappa shape index (κ2) is 9.07. The summed E-state index contributed by atoms with van der Waals surface area (Å²) in [6.45, 7) is 2.95. The molecule has 0 radical (unpaired) electrons. The standard InChI is InChI=1S/C28H31N3/c1-20-30-27-16-15-25(18-28(27)31-20)23-13-11-22(12-14-23)24-8-6-7-21(17-24)19-29-26-9-4-2-3-5-10-26/h6-8,11-18,26,29H,2-5,9-10,19H2,1H3,(H,30,31). The van der Waals surface area contributed by atoms with E-state index in [1.807, 2.05) is 6.92 Å². The lowest BCUT2D eigenvalue weighted by Gasteiger charge is -2.16. The molecule has 1 aromatic heterocycles. The summed E-state index contributed by atoms with van der Waals surface area (Å²) in [6, 6.07) is 25.0. The summed E-state index contributed by atoms with van der Waals surface area (Å²) >= 11 is 0. The van der Waals surface area contributed by atoms with E-state index in [-0.39, 0.29) is 0 Å². The normalized spacial score (nSPS) is 15.3. The summed E-state index contributed by atoms with van der Waals surface area (Å²) < 4.78 is 0.